The molecule has 0 amide bonds. The molecular weight excluding hydrogens is 432 g/mol. The first kappa shape index (κ1) is 16.7. The van der Waals surface area contributed by atoms with Gasteiger partial charge in [0.15, 0.2) is 0 Å². The smallest absolute Gasteiger partial charge is 0.346 e. The predicted octanol–water partition coefficient (Wildman–Crippen LogP) is 4.73. The molecule has 0 saturated heterocycles. The molecule has 34 heavy (non-hydrogen) atoms. The normalized spacial score (nSPS) is 13.2. The van der Waals surface area contributed by atoms with Gasteiger partial charge in [-0.3, -0.25) is 0 Å². The van der Waals surface area contributed by atoms with Crippen molar-refractivity contribution in [2.45, 2.75) is 0 Å². The summed E-state index contributed by atoms with van der Waals surface area (Å²) in [6.07, 6.45) is 0. The van der Waals surface area contributed by atoms with E-state index in [1.165, 1.54) is 0 Å². The van der Waals surface area contributed by atoms with Crippen LogP contribution in [0.5, 0.6) is 0 Å². The maximum Gasteiger partial charge on any atom is 0.346 e. The average Bonchev–Trinajstić information content (AvgIpc) is 2.92. The van der Waals surface area contributed by atoms with E-state index in [1.807, 2.05) is 24.3 Å². The Bertz CT molecular complexity index is 2220. The third kappa shape index (κ3) is 1.56. The molecule has 6 heteroatoms. The van der Waals surface area contributed by atoms with Crippen molar-refractivity contribution >= 4 is 86.2 Å². The van der Waals surface area contributed by atoms with Gasteiger partial charge in [-0.25, -0.2) is 19.2 Å². The molecule has 15 aromatic rings. The van der Waals surface area contributed by atoms with Crippen molar-refractivity contribution in [2.24, 2.45) is 0 Å². The lowest BCUT2D eigenvalue weighted by molar-refractivity contribution is 0.489. The standard InChI is InChI=1S/C28H8O6/c29-25-13-5-9-1-2-10-6-14(26(30)33-25)22-16-8-12-4-3-11-7-15(27(31)34-28(16)32)21(13)23-17(9)18(10)24(22)20(12)19(11)23/h1-8H. The molecule has 0 radical (unpaired) electrons. The molecular formula is C28H8O6. The molecule has 0 spiro atoms. The van der Waals surface area contributed by atoms with Gasteiger partial charge in [0.25, 0.3) is 0 Å². The molecule has 8 aromatic heterocycles. The predicted molar refractivity (Wildman–Crippen MR) is 132 cm³/mol. The number of hydrogen-bond acceptors (Lipinski definition) is 6. The van der Waals surface area contributed by atoms with Crippen molar-refractivity contribution in [3.05, 3.63) is 90.2 Å². The molecule has 0 unspecified atom stereocenters. The van der Waals surface area contributed by atoms with E-state index in [4.69, 9.17) is 8.83 Å². The van der Waals surface area contributed by atoms with E-state index in [-0.39, 0.29) is 21.5 Å². The first-order valence-electron chi connectivity index (χ1n) is 10.8. The Hall–Kier alpha value is -4.84. The number of rotatable bonds is 0. The fourth-order valence-electron chi connectivity index (χ4n) is 6.35. The van der Waals surface area contributed by atoms with E-state index in [1.54, 1.807) is 24.3 Å². The topological polar surface area (TPSA) is 94.6 Å². The summed E-state index contributed by atoms with van der Waals surface area (Å²) in [5.41, 5.74) is -3.38. The molecule has 0 fully saturated rings. The average molecular weight is 440 g/mol. The van der Waals surface area contributed by atoms with Gasteiger partial charge in [0, 0.05) is 21.5 Å². The Labute approximate surface area is 185 Å². The maximum atomic E-state index is 13.4. The van der Waals surface area contributed by atoms with Gasteiger partial charge in [0.1, 0.15) is 0 Å². The van der Waals surface area contributed by atoms with Gasteiger partial charge in [-0.05, 0) is 67.4 Å². The van der Waals surface area contributed by atoms with Crippen LogP contribution in [-0.2, 0) is 0 Å². The number of fused-ring (bicyclic) bond motifs is 2. The van der Waals surface area contributed by atoms with Crippen molar-refractivity contribution < 1.29 is 8.83 Å². The Kier molecular flexibility index (Phi) is 2.41. The zero-order chi connectivity index (χ0) is 22.6. The third-order valence-electron chi connectivity index (χ3n) is 7.57. The highest BCUT2D eigenvalue weighted by Crippen LogP contribution is 2.50. The largest absolute Gasteiger partial charge is 0.386 e. The molecule has 8 heterocycles. The van der Waals surface area contributed by atoms with Crippen molar-refractivity contribution in [3.8, 4) is 0 Å². The SMILES string of the molecule is O=c1oc(=O)c2cc3ccc4cc1c1c5cc6ccc7cc(c(=O)oc5=O)c2c2c3c4c1c6c72. The summed E-state index contributed by atoms with van der Waals surface area (Å²) < 4.78 is 10.7. The van der Waals surface area contributed by atoms with E-state index in [0.717, 1.165) is 53.9 Å². The Morgan fingerprint density at radius 1 is 0.353 bits per heavy atom. The van der Waals surface area contributed by atoms with Crippen LogP contribution < -0.4 is 22.5 Å². The van der Waals surface area contributed by atoms with Crippen LogP contribution in [0.15, 0.2) is 76.5 Å². The molecule has 16 bridgehead atoms. The summed E-state index contributed by atoms with van der Waals surface area (Å²) in [5.74, 6) is 0. The summed E-state index contributed by atoms with van der Waals surface area (Å²) >= 11 is 0. The van der Waals surface area contributed by atoms with Gasteiger partial charge < -0.3 is 8.83 Å². The fraction of sp³-hybridized carbons (Fsp3) is 0. The van der Waals surface area contributed by atoms with E-state index < -0.39 is 22.5 Å². The number of hydrogen-bond donors (Lipinski definition) is 0. The molecule has 0 aliphatic carbocycles. The summed E-state index contributed by atoms with van der Waals surface area (Å²) in [6, 6.07) is 14.3. The highest BCUT2D eigenvalue weighted by molar-refractivity contribution is 6.49. The zero-order valence-corrected chi connectivity index (χ0v) is 17.1. The zero-order valence-electron chi connectivity index (χ0n) is 17.1. The minimum atomic E-state index is -0.846. The summed E-state index contributed by atoms with van der Waals surface area (Å²) in [7, 11) is 0. The first-order chi connectivity index (χ1) is 16.5. The van der Waals surface area contributed by atoms with Gasteiger partial charge >= 0.3 is 22.5 Å². The lowest BCUT2D eigenvalue weighted by atomic mass is 9.80. The van der Waals surface area contributed by atoms with Crippen molar-refractivity contribution in [2.75, 3.05) is 0 Å². The molecule has 0 aliphatic rings. The lowest BCUT2D eigenvalue weighted by Crippen LogP contribution is -2.11. The van der Waals surface area contributed by atoms with Gasteiger partial charge in [0.05, 0.1) is 21.5 Å². The Balaban J connectivity index is 2.07. The van der Waals surface area contributed by atoms with Crippen LogP contribution in [0.1, 0.15) is 0 Å². The Morgan fingerprint density at radius 3 is 0.882 bits per heavy atom. The second-order valence-electron chi connectivity index (χ2n) is 9.07. The van der Waals surface area contributed by atoms with Crippen LogP contribution in [0, 0.1) is 0 Å². The quantitative estimate of drug-likeness (QED) is 0.250. The van der Waals surface area contributed by atoms with Crippen LogP contribution in [0.2, 0.25) is 0 Å². The summed E-state index contributed by atoms with van der Waals surface area (Å²) in [6.45, 7) is 0. The van der Waals surface area contributed by atoms with E-state index >= 15 is 0 Å². The van der Waals surface area contributed by atoms with E-state index in [2.05, 4.69) is 0 Å². The van der Waals surface area contributed by atoms with Gasteiger partial charge in [-0.2, -0.15) is 0 Å². The first-order valence-corrected chi connectivity index (χ1v) is 10.8. The molecule has 7 aromatic carbocycles. The van der Waals surface area contributed by atoms with Gasteiger partial charge in [0.2, 0.25) is 0 Å². The molecule has 6 nitrogen and oxygen atoms in total. The molecule has 0 N–H and O–H groups in total. The minimum Gasteiger partial charge on any atom is -0.386 e. The summed E-state index contributed by atoms with van der Waals surface area (Å²) in [5, 5.41) is 9.24. The van der Waals surface area contributed by atoms with E-state index in [9.17, 15) is 19.2 Å². The van der Waals surface area contributed by atoms with Crippen LogP contribution >= 0.6 is 0 Å². The monoisotopic (exact) mass is 440 g/mol. The molecule has 15 rings (SSSR count). The fourth-order valence-corrected chi connectivity index (χ4v) is 6.35. The highest BCUT2D eigenvalue weighted by Gasteiger charge is 2.26. The number of benzene rings is 7. The second-order valence-corrected chi connectivity index (χ2v) is 9.07. The van der Waals surface area contributed by atoms with Gasteiger partial charge in [-0.15, -0.1) is 0 Å². The van der Waals surface area contributed by atoms with Crippen LogP contribution in [-0.4, -0.2) is 0 Å². The molecule has 0 atom stereocenters. The van der Waals surface area contributed by atoms with Crippen LogP contribution in [0.3, 0.4) is 0 Å². The van der Waals surface area contributed by atoms with Crippen LogP contribution in [0.25, 0.3) is 86.2 Å². The highest BCUT2D eigenvalue weighted by atomic mass is 16.4. The van der Waals surface area contributed by atoms with Crippen molar-refractivity contribution in [3.63, 3.8) is 0 Å². The second kappa shape index (κ2) is 4.89. The van der Waals surface area contributed by atoms with E-state index in [0.29, 0.717) is 10.8 Å². The molecule has 0 aliphatic heterocycles. The summed E-state index contributed by atoms with van der Waals surface area (Å²) in [4.78, 5) is 53.5. The van der Waals surface area contributed by atoms with Gasteiger partial charge in [-0.1, -0.05) is 24.3 Å². The van der Waals surface area contributed by atoms with Crippen LogP contribution in [0.4, 0.5) is 0 Å². The minimum absolute atomic E-state index is 0.0911. The Morgan fingerprint density at radius 2 is 0.618 bits per heavy atom. The lowest BCUT2D eigenvalue weighted by Gasteiger charge is -2.21. The molecule has 156 valence electrons. The van der Waals surface area contributed by atoms with Crippen molar-refractivity contribution in [1.29, 1.82) is 0 Å². The van der Waals surface area contributed by atoms with Crippen molar-refractivity contribution in [1.82, 2.24) is 0 Å². The molecule has 0 saturated carbocycles. The maximum absolute atomic E-state index is 13.4. The third-order valence-corrected chi connectivity index (χ3v) is 7.57.